The van der Waals surface area contributed by atoms with Gasteiger partial charge in [-0.25, -0.2) is 9.97 Å². The van der Waals surface area contributed by atoms with Crippen LogP contribution >= 0.6 is 11.6 Å². The summed E-state index contributed by atoms with van der Waals surface area (Å²) in [6.07, 6.45) is -1.25. The van der Waals surface area contributed by atoms with E-state index in [-0.39, 0.29) is 16.5 Å². The van der Waals surface area contributed by atoms with Crippen LogP contribution in [0.5, 0.6) is 0 Å². The topological polar surface area (TPSA) is 54.5 Å². The number of rotatable bonds is 1. The van der Waals surface area contributed by atoms with Gasteiger partial charge in [0.2, 0.25) is 0 Å². The summed E-state index contributed by atoms with van der Waals surface area (Å²) in [5.74, 6) is 0.0821. The van der Waals surface area contributed by atoms with Crippen molar-refractivity contribution in [1.29, 1.82) is 5.26 Å². The molecule has 0 spiro atoms. The average molecular weight is 273 g/mol. The maximum atomic E-state index is 12.4. The number of pyridine rings is 1. The van der Waals surface area contributed by atoms with Crippen molar-refractivity contribution in [2.45, 2.75) is 6.18 Å². The SMILES string of the molecule is N#Cc1cn(-c2ncc(C(F)(F)F)cc2Cl)cn1. The molecule has 0 atom stereocenters. The monoisotopic (exact) mass is 272 g/mol. The van der Waals surface area contributed by atoms with Crippen LogP contribution in [0.15, 0.2) is 24.8 Å². The summed E-state index contributed by atoms with van der Waals surface area (Å²) in [7, 11) is 0. The van der Waals surface area contributed by atoms with E-state index in [0.717, 1.165) is 6.07 Å². The number of aromatic nitrogens is 3. The van der Waals surface area contributed by atoms with Crippen molar-refractivity contribution in [3.63, 3.8) is 0 Å². The van der Waals surface area contributed by atoms with E-state index in [1.54, 1.807) is 6.07 Å². The van der Waals surface area contributed by atoms with Gasteiger partial charge in [0.25, 0.3) is 0 Å². The molecule has 0 aliphatic heterocycles. The maximum absolute atomic E-state index is 12.4. The third-order valence-corrected chi connectivity index (χ3v) is 2.37. The Kier molecular flexibility index (Phi) is 2.97. The van der Waals surface area contributed by atoms with E-state index in [0.29, 0.717) is 6.20 Å². The van der Waals surface area contributed by atoms with Crippen LogP contribution in [0.25, 0.3) is 5.82 Å². The average Bonchev–Trinajstić information content (AvgIpc) is 2.76. The molecule has 2 aromatic heterocycles. The van der Waals surface area contributed by atoms with Gasteiger partial charge in [-0.15, -0.1) is 0 Å². The molecular formula is C10H4ClF3N4. The number of hydrogen-bond acceptors (Lipinski definition) is 3. The quantitative estimate of drug-likeness (QED) is 0.802. The van der Waals surface area contributed by atoms with Crippen molar-refractivity contribution in [3.05, 3.63) is 41.1 Å². The number of alkyl halides is 3. The lowest BCUT2D eigenvalue weighted by atomic mass is 10.3. The third-order valence-electron chi connectivity index (χ3n) is 2.09. The van der Waals surface area contributed by atoms with Crippen molar-refractivity contribution < 1.29 is 13.2 Å². The number of nitriles is 1. The number of halogens is 4. The molecule has 2 rings (SSSR count). The minimum atomic E-state index is -4.50. The van der Waals surface area contributed by atoms with Gasteiger partial charge < -0.3 is 0 Å². The molecule has 8 heteroatoms. The zero-order valence-electron chi connectivity index (χ0n) is 8.61. The molecule has 2 heterocycles. The molecule has 0 N–H and O–H groups in total. The van der Waals surface area contributed by atoms with E-state index >= 15 is 0 Å². The van der Waals surface area contributed by atoms with Gasteiger partial charge in [-0.2, -0.15) is 18.4 Å². The molecule has 2 aromatic rings. The number of hydrogen-bond donors (Lipinski definition) is 0. The minimum absolute atomic E-state index is 0.0821. The molecular weight excluding hydrogens is 269 g/mol. The highest BCUT2D eigenvalue weighted by Crippen LogP contribution is 2.31. The molecule has 0 unspecified atom stereocenters. The molecule has 0 saturated heterocycles. The second-order valence-electron chi connectivity index (χ2n) is 3.31. The fourth-order valence-corrected chi connectivity index (χ4v) is 1.54. The Morgan fingerprint density at radius 2 is 2.06 bits per heavy atom. The van der Waals surface area contributed by atoms with Crippen molar-refractivity contribution in [2.24, 2.45) is 0 Å². The summed E-state index contributed by atoms with van der Waals surface area (Å²) in [6, 6.07) is 2.56. The molecule has 0 aliphatic rings. The molecule has 92 valence electrons. The summed E-state index contributed by atoms with van der Waals surface area (Å²) in [6.45, 7) is 0. The van der Waals surface area contributed by atoms with Gasteiger partial charge in [0, 0.05) is 12.4 Å². The molecule has 18 heavy (non-hydrogen) atoms. The van der Waals surface area contributed by atoms with Crippen LogP contribution in [-0.2, 0) is 6.18 Å². The largest absolute Gasteiger partial charge is 0.417 e. The second-order valence-corrected chi connectivity index (χ2v) is 3.71. The molecule has 0 aromatic carbocycles. The van der Waals surface area contributed by atoms with Crippen molar-refractivity contribution in [2.75, 3.05) is 0 Å². The van der Waals surface area contributed by atoms with E-state index in [9.17, 15) is 13.2 Å². The Labute approximate surface area is 104 Å². The molecule has 0 fully saturated rings. The summed E-state index contributed by atoms with van der Waals surface area (Å²) >= 11 is 5.73. The smallest absolute Gasteiger partial charge is 0.288 e. The third kappa shape index (κ3) is 2.28. The summed E-state index contributed by atoms with van der Waals surface area (Å²) in [5.41, 5.74) is -0.815. The first-order valence-corrected chi connectivity index (χ1v) is 4.97. The Morgan fingerprint density at radius 1 is 1.33 bits per heavy atom. The lowest BCUT2D eigenvalue weighted by Gasteiger charge is -2.09. The summed E-state index contributed by atoms with van der Waals surface area (Å²) in [5, 5.41) is 8.42. The van der Waals surface area contributed by atoms with Crippen molar-refractivity contribution >= 4 is 11.6 Å². The fraction of sp³-hybridized carbons (Fsp3) is 0.100. The Balaban J connectivity index is 2.45. The first-order valence-electron chi connectivity index (χ1n) is 4.59. The highest BCUT2D eigenvalue weighted by molar-refractivity contribution is 6.32. The van der Waals surface area contributed by atoms with Gasteiger partial charge in [-0.1, -0.05) is 11.6 Å². The van der Waals surface area contributed by atoms with Crippen LogP contribution in [-0.4, -0.2) is 14.5 Å². The Morgan fingerprint density at radius 3 is 2.56 bits per heavy atom. The lowest BCUT2D eigenvalue weighted by Crippen LogP contribution is -2.07. The van der Waals surface area contributed by atoms with Crippen LogP contribution < -0.4 is 0 Å². The van der Waals surface area contributed by atoms with E-state index < -0.39 is 11.7 Å². The van der Waals surface area contributed by atoms with E-state index in [1.807, 2.05) is 0 Å². The molecule has 0 amide bonds. The number of nitrogens with zero attached hydrogens (tertiary/aromatic N) is 4. The molecule has 0 aliphatic carbocycles. The second kappa shape index (κ2) is 4.31. The first-order chi connectivity index (χ1) is 8.41. The van der Waals surface area contributed by atoms with Gasteiger partial charge in [0.05, 0.1) is 10.6 Å². The van der Waals surface area contributed by atoms with E-state index in [4.69, 9.17) is 16.9 Å². The molecule has 0 bridgehead atoms. The zero-order valence-corrected chi connectivity index (χ0v) is 9.37. The van der Waals surface area contributed by atoms with Crippen molar-refractivity contribution in [3.8, 4) is 11.9 Å². The first kappa shape index (κ1) is 12.4. The lowest BCUT2D eigenvalue weighted by molar-refractivity contribution is -0.137. The maximum Gasteiger partial charge on any atom is 0.417 e. The van der Waals surface area contributed by atoms with Crippen LogP contribution in [0.2, 0.25) is 5.02 Å². The Hall–Kier alpha value is -2.07. The van der Waals surface area contributed by atoms with E-state index in [1.165, 1.54) is 17.1 Å². The van der Waals surface area contributed by atoms with Gasteiger partial charge in [0.15, 0.2) is 11.5 Å². The fourth-order valence-electron chi connectivity index (χ4n) is 1.27. The highest BCUT2D eigenvalue weighted by atomic mass is 35.5. The highest BCUT2D eigenvalue weighted by Gasteiger charge is 2.31. The number of imidazole rings is 1. The normalized spacial score (nSPS) is 11.3. The van der Waals surface area contributed by atoms with Crippen LogP contribution in [0, 0.1) is 11.3 Å². The summed E-state index contributed by atoms with van der Waals surface area (Å²) < 4.78 is 38.5. The summed E-state index contributed by atoms with van der Waals surface area (Å²) in [4.78, 5) is 7.33. The minimum Gasteiger partial charge on any atom is -0.288 e. The van der Waals surface area contributed by atoms with Crippen molar-refractivity contribution in [1.82, 2.24) is 14.5 Å². The Bertz CT molecular complexity index is 627. The van der Waals surface area contributed by atoms with Crippen LogP contribution in [0.1, 0.15) is 11.3 Å². The van der Waals surface area contributed by atoms with Crippen LogP contribution in [0.3, 0.4) is 0 Å². The molecule has 0 saturated carbocycles. The van der Waals surface area contributed by atoms with Gasteiger partial charge >= 0.3 is 6.18 Å². The van der Waals surface area contributed by atoms with Gasteiger partial charge in [-0.3, -0.25) is 4.57 Å². The predicted octanol–water partition coefficient (Wildman–Crippen LogP) is 2.81. The van der Waals surface area contributed by atoms with Crippen LogP contribution in [0.4, 0.5) is 13.2 Å². The zero-order chi connectivity index (χ0) is 13.3. The molecule has 4 nitrogen and oxygen atoms in total. The van der Waals surface area contributed by atoms with Gasteiger partial charge in [-0.05, 0) is 6.07 Å². The van der Waals surface area contributed by atoms with E-state index in [2.05, 4.69) is 9.97 Å². The molecule has 0 radical (unpaired) electrons. The standard InChI is InChI=1S/C10H4ClF3N4/c11-8-1-6(10(12,13)14)3-16-9(8)18-4-7(2-15)17-5-18/h1,3-5H. The predicted molar refractivity (Wildman–Crippen MR) is 56.1 cm³/mol. The van der Waals surface area contributed by atoms with Gasteiger partial charge in [0.1, 0.15) is 12.4 Å².